The second-order valence-corrected chi connectivity index (χ2v) is 2.53. The first-order valence-electron chi connectivity index (χ1n) is 4.37. The SMILES string of the molecule is CC(O)O.CC(O)O.CC(O)O.CC(O)O.[CH3-].[CH3-].[Re].[Re]. The molecule has 0 atom stereocenters. The fraction of sp³-hybridized carbons (Fsp3) is 0.800. The van der Waals surface area contributed by atoms with Crippen LogP contribution in [0.2, 0.25) is 0 Å². The van der Waals surface area contributed by atoms with Gasteiger partial charge >= 0.3 is 0 Å². The molecule has 8 nitrogen and oxygen atoms in total. The Morgan fingerprint density at radius 1 is 0.400 bits per heavy atom. The van der Waals surface area contributed by atoms with Gasteiger partial charge in [-0.15, -0.1) is 0 Å². The molecule has 8 N–H and O–H groups in total. The van der Waals surface area contributed by atoms with Crippen molar-refractivity contribution in [1.29, 1.82) is 0 Å². The van der Waals surface area contributed by atoms with E-state index < -0.39 is 25.2 Å². The van der Waals surface area contributed by atoms with Crippen LogP contribution in [0.4, 0.5) is 0 Å². The summed E-state index contributed by atoms with van der Waals surface area (Å²) in [5.74, 6) is 0. The van der Waals surface area contributed by atoms with Gasteiger partial charge in [0.1, 0.15) is 25.2 Å². The summed E-state index contributed by atoms with van der Waals surface area (Å²) in [5.41, 5.74) is 0. The summed E-state index contributed by atoms with van der Waals surface area (Å²) in [6, 6.07) is 0. The Hall–Kier alpha value is 1.00. The van der Waals surface area contributed by atoms with Crippen molar-refractivity contribution in [3.05, 3.63) is 14.9 Å². The van der Waals surface area contributed by atoms with Gasteiger partial charge in [-0.25, -0.2) is 0 Å². The van der Waals surface area contributed by atoms with E-state index in [2.05, 4.69) is 0 Å². The Bertz CT molecular complexity index is 70.2. The van der Waals surface area contributed by atoms with Crippen LogP contribution in [-0.2, 0) is 40.8 Å². The number of aliphatic hydroxyl groups is 8. The van der Waals surface area contributed by atoms with Gasteiger partial charge in [-0.1, -0.05) is 0 Å². The molecule has 0 amide bonds. The topological polar surface area (TPSA) is 162 Å². The van der Waals surface area contributed by atoms with Gasteiger partial charge in [-0.05, 0) is 27.7 Å². The average molecular weight is 651 g/mol. The molecule has 10 heteroatoms. The molecule has 0 aromatic heterocycles. The van der Waals surface area contributed by atoms with E-state index in [-0.39, 0.29) is 55.7 Å². The quantitative estimate of drug-likeness (QED) is 0.112. The van der Waals surface area contributed by atoms with E-state index in [1.807, 2.05) is 0 Å². The third-order valence-corrected chi connectivity index (χ3v) is 0. The Balaban J connectivity index is -0.0000000150. The predicted octanol–water partition coefficient (Wildman–Crippen LogP) is -1.84. The van der Waals surface area contributed by atoms with Gasteiger partial charge in [0.25, 0.3) is 0 Å². The predicted molar refractivity (Wildman–Crippen MR) is 68.4 cm³/mol. The Morgan fingerprint density at radius 2 is 0.400 bits per heavy atom. The molecule has 0 unspecified atom stereocenters. The van der Waals surface area contributed by atoms with Crippen LogP contribution in [0.3, 0.4) is 0 Å². The van der Waals surface area contributed by atoms with Gasteiger partial charge in [0.05, 0.1) is 0 Å². The second-order valence-electron chi connectivity index (χ2n) is 2.53. The fourth-order valence-corrected chi connectivity index (χ4v) is 0. The maximum absolute atomic E-state index is 7.61. The zero-order valence-corrected chi connectivity index (χ0v) is 18.1. The Kier molecular flexibility index (Phi) is 106. The van der Waals surface area contributed by atoms with Crippen LogP contribution in [-0.4, -0.2) is 66.0 Å². The van der Waals surface area contributed by atoms with Gasteiger partial charge in [0, 0.05) is 40.8 Å². The van der Waals surface area contributed by atoms with Crippen molar-refractivity contribution >= 4 is 0 Å². The molecule has 0 rings (SSSR count). The molecule has 20 heavy (non-hydrogen) atoms. The van der Waals surface area contributed by atoms with Gasteiger partial charge in [0.2, 0.25) is 0 Å². The number of hydrogen-bond acceptors (Lipinski definition) is 8. The first-order valence-corrected chi connectivity index (χ1v) is 4.37. The van der Waals surface area contributed by atoms with Crippen LogP contribution in [0.15, 0.2) is 0 Å². The van der Waals surface area contributed by atoms with Gasteiger partial charge < -0.3 is 55.7 Å². The standard InChI is InChI=1S/4C2H6O2.2CH3.2Re/c4*1-2(3)4;;;;/h4*2-4H,1H3;2*1H3;;/q;;;;2*-1;;. The van der Waals surface area contributed by atoms with Crippen molar-refractivity contribution in [3.8, 4) is 0 Å². The maximum Gasteiger partial charge on any atom is 0.148 e. The molecule has 134 valence electrons. The van der Waals surface area contributed by atoms with Crippen molar-refractivity contribution in [1.82, 2.24) is 0 Å². The minimum absolute atomic E-state index is 0. The normalized spacial score (nSPS) is 7.20. The Labute approximate surface area is 149 Å². The maximum atomic E-state index is 7.61. The van der Waals surface area contributed by atoms with E-state index >= 15 is 0 Å². The minimum Gasteiger partial charge on any atom is -0.368 e. The summed E-state index contributed by atoms with van der Waals surface area (Å²) in [6.45, 7) is 5.11. The largest absolute Gasteiger partial charge is 0.368 e. The molecule has 0 bridgehead atoms. The summed E-state index contributed by atoms with van der Waals surface area (Å²) in [7, 11) is 0. The van der Waals surface area contributed by atoms with E-state index in [1.165, 1.54) is 27.7 Å². The second kappa shape index (κ2) is 42.7. The number of aliphatic hydroxyl groups excluding tert-OH is 4. The molecule has 0 aliphatic carbocycles. The van der Waals surface area contributed by atoms with Crippen molar-refractivity contribution in [2.45, 2.75) is 52.9 Å². The zero-order chi connectivity index (χ0) is 14.3. The van der Waals surface area contributed by atoms with E-state index in [0.717, 1.165) is 0 Å². The summed E-state index contributed by atoms with van der Waals surface area (Å²) >= 11 is 0. The van der Waals surface area contributed by atoms with E-state index in [0.29, 0.717) is 0 Å². The molecule has 0 heterocycles. The van der Waals surface area contributed by atoms with E-state index in [1.54, 1.807) is 0 Å². The van der Waals surface area contributed by atoms with Crippen LogP contribution in [0, 0.1) is 14.9 Å². The van der Waals surface area contributed by atoms with Crippen molar-refractivity contribution in [2.75, 3.05) is 0 Å². The molecule has 0 aliphatic rings. The van der Waals surface area contributed by atoms with E-state index in [4.69, 9.17) is 40.9 Å². The van der Waals surface area contributed by atoms with Gasteiger partial charge in [-0.3, -0.25) is 0 Å². The molecule has 0 aliphatic heterocycles. The monoisotopic (exact) mass is 652 g/mol. The molecule has 0 aromatic carbocycles. The smallest absolute Gasteiger partial charge is 0.148 e. The molecular formula is C10H30O8Re2-2. The van der Waals surface area contributed by atoms with Crippen molar-refractivity contribution < 1.29 is 81.7 Å². The first kappa shape index (κ1) is 49.7. The van der Waals surface area contributed by atoms with Crippen LogP contribution in [0.1, 0.15) is 27.7 Å². The number of hydrogen-bond donors (Lipinski definition) is 8. The average Bonchev–Trinajstić information content (AvgIpc) is 1.76. The molecule has 0 aromatic rings. The summed E-state index contributed by atoms with van der Waals surface area (Å²) in [6.07, 6.45) is -4.67. The van der Waals surface area contributed by atoms with E-state index in [9.17, 15) is 0 Å². The van der Waals surface area contributed by atoms with Crippen LogP contribution in [0.25, 0.3) is 0 Å². The third kappa shape index (κ3) is 6100. The molecule has 0 saturated carbocycles. The summed E-state index contributed by atoms with van der Waals surface area (Å²) in [4.78, 5) is 0. The fourth-order valence-electron chi connectivity index (χ4n) is 0. The van der Waals surface area contributed by atoms with Gasteiger partial charge in [0.15, 0.2) is 0 Å². The summed E-state index contributed by atoms with van der Waals surface area (Å²) in [5, 5.41) is 60.9. The molecule has 0 spiro atoms. The van der Waals surface area contributed by atoms with Crippen molar-refractivity contribution in [2.24, 2.45) is 0 Å². The zero-order valence-electron chi connectivity index (χ0n) is 12.6. The van der Waals surface area contributed by atoms with Crippen LogP contribution >= 0.6 is 0 Å². The first-order chi connectivity index (χ1) is 6.93. The summed E-state index contributed by atoms with van der Waals surface area (Å²) < 4.78 is 0. The number of rotatable bonds is 0. The minimum atomic E-state index is -1.17. The Morgan fingerprint density at radius 3 is 0.400 bits per heavy atom. The van der Waals surface area contributed by atoms with Crippen molar-refractivity contribution in [3.63, 3.8) is 0 Å². The molecule has 2 radical (unpaired) electrons. The molecule has 0 fully saturated rings. The molecular weight excluding hydrogens is 621 g/mol. The molecule has 0 saturated heterocycles. The van der Waals surface area contributed by atoms with Gasteiger partial charge in [-0.2, -0.15) is 0 Å². The van der Waals surface area contributed by atoms with Crippen LogP contribution in [0.5, 0.6) is 0 Å². The van der Waals surface area contributed by atoms with Crippen LogP contribution < -0.4 is 0 Å². The third-order valence-electron chi connectivity index (χ3n) is 0.